The van der Waals surface area contributed by atoms with E-state index in [0.29, 0.717) is 25.0 Å². The van der Waals surface area contributed by atoms with Crippen LogP contribution in [-0.2, 0) is 6.54 Å². The van der Waals surface area contributed by atoms with Crippen LogP contribution >= 0.6 is 24.0 Å². The maximum atomic E-state index is 12.3. The lowest BCUT2D eigenvalue weighted by Crippen LogP contribution is -2.38. The fourth-order valence-electron chi connectivity index (χ4n) is 3.02. The number of hydrogen-bond acceptors (Lipinski definition) is 3. The van der Waals surface area contributed by atoms with Crippen molar-refractivity contribution in [1.29, 1.82) is 0 Å². The third-order valence-corrected chi connectivity index (χ3v) is 4.64. The van der Waals surface area contributed by atoms with E-state index in [2.05, 4.69) is 20.5 Å². The highest BCUT2D eigenvalue weighted by Gasteiger charge is 2.26. The molecule has 1 saturated heterocycles. The SMILES string of the molecule is CCNC(=NCc1ccc(N2CCC(CO)CC2)cc1)NCCC(F)(F)F.I. The van der Waals surface area contributed by atoms with Gasteiger partial charge < -0.3 is 20.6 Å². The summed E-state index contributed by atoms with van der Waals surface area (Å²) >= 11 is 0. The van der Waals surface area contributed by atoms with Crippen LogP contribution in [0.15, 0.2) is 29.3 Å². The Labute approximate surface area is 181 Å². The Morgan fingerprint density at radius 2 is 1.82 bits per heavy atom. The molecule has 1 heterocycles. The van der Waals surface area contributed by atoms with Crippen LogP contribution in [0.2, 0.25) is 0 Å². The van der Waals surface area contributed by atoms with Gasteiger partial charge in [0.25, 0.3) is 0 Å². The molecule has 0 aromatic heterocycles. The number of guanidine groups is 1. The number of piperidine rings is 1. The Kier molecular flexibility index (Phi) is 10.9. The fourth-order valence-corrected chi connectivity index (χ4v) is 3.02. The number of rotatable bonds is 7. The summed E-state index contributed by atoms with van der Waals surface area (Å²) in [5.41, 5.74) is 2.14. The van der Waals surface area contributed by atoms with Crippen molar-refractivity contribution >= 4 is 35.6 Å². The molecule has 1 fully saturated rings. The number of benzene rings is 1. The first-order valence-electron chi connectivity index (χ1n) is 9.45. The standard InChI is InChI=1S/C19H29F3N4O.HI/c1-2-23-18(24-10-9-19(20,21)22)25-13-15-3-5-17(6-4-15)26-11-7-16(14-27)8-12-26;/h3-6,16,27H,2,7-14H2,1H3,(H2,23,24,25);1H. The van der Waals surface area contributed by atoms with E-state index in [1.54, 1.807) is 0 Å². The molecular weight excluding hydrogens is 484 g/mol. The van der Waals surface area contributed by atoms with Gasteiger partial charge in [-0.3, -0.25) is 0 Å². The van der Waals surface area contributed by atoms with E-state index in [-0.39, 0.29) is 37.1 Å². The van der Waals surface area contributed by atoms with E-state index < -0.39 is 12.6 Å². The smallest absolute Gasteiger partial charge is 0.390 e. The number of aliphatic imine (C=N–C) groups is 1. The van der Waals surface area contributed by atoms with Crippen LogP contribution in [0.1, 0.15) is 31.7 Å². The summed E-state index contributed by atoms with van der Waals surface area (Å²) in [6.45, 7) is 4.80. The molecule has 0 radical (unpaired) electrons. The molecule has 2 rings (SSSR count). The Bertz CT molecular complexity index is 588. The minimum absolute atomic E-state index is 0. The molecule has 0 amide bonds. The van der Waals surface area contributed by atoms with E-state index in [9.17, 15) is 18.3 Å². The van der Waals surface area contributed by atoms with Crippen LogP contribution in [0.4, 0.5) is 18.9 Å². The molecule has 0 unspecified atom stereocenters. The van der Waals surface area contributed by atoms with Crippen LogP contribution in [0.25, 0.3) is 0 Å². The molecule has 1 aromatic rings. The molecule has 0 spiro atoms. The topological polar surface area (TPSA) is 59.9 Å². The van der Waals surface area contributed by atoms with Gasteiger partial charge in [-0.1, -0.05) is 12.1 Å². The number of nitrogens with one attached hydrogen (secondary N) is 2. The molecule has 28 heavy (non-hydrogen) atoms. The molecule has 5 nitrogen and oxygen atoms in total. The van der Waals surface area contributed by atoms with Gasteiger partial charge in [0.05, 0.1) is 13.0 Å². The van der Waals surface area contributed by atoms with Crippen molar-refractivity contribution in [1.82, 2.24) is 10.6 Å². The number of nitrogens with zero attached hydrogens (tertiary/aromatic N) is 2. The second-order valence-electron chi connectivity index (χ2n) is 6.77. The van der Waals surface area contributed by atoms with Gasteiger partial charge >= 0.3 is 6.18 Å². The van der Waals surface area contributed by atoms with E-state index in [1.807, 2.05) is 31.2 Å². The second kappa shape index (κ2) is 12.4. The second-order valence-corrected chi connectivity index (χ2v) is 6.77. The Hall–Kier alpha value is -1.23. The minimum Gasteiger partial charge on any atom is -0.396 e. The summed E-state index contributed by atoms with van der Waals surface area (Å²) in [6, 6.07) is 8.09. The van der Waals surface area contributed by atoms with Crippen LogP contribution < -0.4 is 15.5 Å². The molecule has 1 aliphatic heterocycles. The van der Waals surface area contributed by atoms with Crippen molar-refractivity contribution in [3.05, 3.63) is 29.8 Å². The monoisotopic (exact) mass is 514 g/mol. The van der Waals surface area contributed by atoms with Crippen molar-refractivity contribution in [2.75, 3.05) is 37.7 Å². The predicted octanol–water partition coefficient (Wildman–Crippen LogP) is 3.52. The molecule has 160 valence electrons. The van der Waals surface area contributed by atoms with E-state index in [0.717, 1.165) is 37.2 Å². The molecule has 9 heteroatoms. The van der Waals surface area contributed by atoms with E-state index in [4.69, 9.17) is 0 Å². The molecule has 1 aliphatic rings. The molecule has 0 bridgehead atoms. The Balaban J connectivity index is 0.00000392. The lowest BCUT2D eigenvalue weighted by Gasteiger charge is -2.32. The summed E-state index contributed by atoms with van der Waals surface area (Å²) in [6.07, 6.45) is -3.07. The average Bonchev–Trinajstić information content (AvgIpc) is 2.66. The fraction of sp³-hybridized carbons (Fsp3) is 0.632. The molecule has 0 saturated carbocycles. The maximum Gasteiger partial charge on any atom is 0.390 e. The normalized spacial score (nSPS) is 15.9. The summed E-state index contributed by atoms with van der Waals surface area (Å²) in [5.74, 6) is 0.793. The van der Waals surface area contributed by atoms with Crippen molar-refractivity contribution < 1.29 is 18.3 Å². The number of alkyl halides is 3. The highest BCUT2D eigenvalue weighted by Crippen LogP contribution is 2.23. The van der Waals surface area contributed by atoms with Gasteiger partial charge in [-0.05, 0) is 43.4 Å². The quantitative estimate of drug-likeness (QED) is 0.296. The summed E-state index contributed by atoms with van der Waals surface area (Å²) < 4.78 is 36.8. The number of aliphatic hydroxyl groups is 1. The largest absolute Gasteiger partial charge is 0.396 e. The van der Waals surface area contributed by atoms with Crippen molar-refractivity contribution in [2.45, 2.75) is 38.9 Å². The zero-order chi connectivity index (χ0) is 19.7. The van der Waals surface area contributed by atoms with Gasteiger partial charge in [0.2, 0.25) is 0 Å². The zero-order valence-electron chi connectivity index (χ0n) is 16.1. The Morgan fingerprint density at radius 1 is 1.18 bits per heavy atom. The third-order valence-electron chi connectivity index (χ3n) is 4.64. The number of hydrogen-bond donors (Lipinski definition) is 3. The number of aliphatic hydroxyl groups excluding tert-OH is 1. The van der Waals surface area contributed by atoms with Crippen molar-refractivity contribution in [3.8, 4) is 0 Å². The summed E-state index contributed by atoms with van der Waals surface area (Å²) in [7, 11) is 0. The minimum atomic E-state index is -4.17. The average molecular weight is 514 g/mol. The summed E-state index contributed by atoms with van der Waals surface area (Å²) in [4.78, 5) is 6.66. The molecule has 0 atom stereocenters. The number of anilines is 1. The van der Waals surface area contributed by atoms with Gasteiger partial charge in [-0.25, -0.2) is 4.99 Å². The van der Waals surface area contributed by atoms with Crippen LogP contribution in [0.3, 0.4) is 0 Å². The first-order chi connectivity index (χ1) is 12.9. The highest BCUT2D eigenvalue weighted by molar-refractivity contribution is 14.0. The van der Waals surface area contributed by atoms with Gasteiger partial charge in [-0.15, -0.1) is 24.0 Å². The van der Waals surface area contributed by atoms with E-state index in [1.165, 1.54) is 0 Å². The molecule has 0 aliphatic carbocycles. The molecule has 1 aromatic carbocycles. The van der Waals surface area contributed by atoms with Crippen molar-refractivity contribution in [2.24, 2.45) is 10.9 Å². The lowest BCUT2D eigenvalue weighted by atomic mass is 9.97. The zero-order valence-corrected chi connectivity index (χ0v) is 18.5. The predicted molar refractivity (Wildman–Crippen MR) is 117 cm³/mol. The molecule has 3 N–H and O–H groups in total. The van der Waals surface area contributed by atoms with Crippen LogP contribution in [0.5, 0.6) is 0 Å². The maximum absolute atomic E-state index is 12.3. The van der Waals surface area contributed by atoms with Gasteiger partial charge in [-0.2, -0.15) is 13.2 Å². The van der Waals surface area contributed by atoms with E-state index >= 15 is 0 Å². The lowest BCUT2D eigenvalue weighted by molar-refractivity contribution is -0.132. The first-order valence-corrected chi connectivity index (χ1v) is 9.45. The van der Waals surface area contributed by atoms with Gasteiger partial charge in [0.1, 0.15) is 0 Å². The first kappa shape index (κ1) is 24.8. The van der Waals surface area contributed by atoms with Crippen LogP contribution in [0, 0.1) is 5.92 Å². The van der Waals surface area contributed by atoms with Gasteiger partial charge in [0.15, 0.2) is 5.96 Å². The summed E-state index contributed by atoms with van der Waals surface area (Å²) in [5, 5.41) is 14.9. The van der Waals surface area contributed by atoms with Crippen molar-refractivity contribution in [3.63, 3.8) is 0 Å². The number of halogens is 4. The Morgan fingerprint density at radius 3 is 2.36 bits per heavy atom. The third kappa shape index (κ3) is 8.85. The highest BCUT2D eigenvalue weighted by atomic mass is 127. The van der Waals surface area contributed by atoms with Gasteiger partial charge in [0, 0.05) is 38.5 Å². The van der Waals surface area contributed by atoms with Crippen LogP contribution in [-0.4, -0.2) is 50.0 Å². The molecular formula is C19H30F3IN4O.